The fourth-order valence-corrected chi connectivity index (χ4v) is 0.894. The van der Waals surface area contributed by atoms with E-state index in [1.165, 1.54) is 12.3 Å². The van der Waals surface area contributed by atoms with E-state index in [0.29, 0.717) is 6.42 Å². The van der Waals surface area contributed by atoms with Crippen LogP contribution >= 0.6 is 0 Å². The molecule has 2 N–H and O–H groups in total. The van der Waals surface area contributed by atoms with E-state index in [0.717, 1.165) is 0 Å². The first-order valence-corrected chi connectivity index (χ1v) is 3.60. The van der Waals surface area contributed by atoms with Gasteiger partial charge in [-0.05, 0) is 6.08 Å². The van der Waals surface area contributed by atoms with Gasteiger partial charge in [0.15, 0.2) is 5.78 Å². The van der Waals surface area contributed by atoms with E-state index < -0.39 is 0 Å². The Morgan fingerprint density at radius 3 is 3.00 bits per heavy atom. The third-order valence-corrected chi connectivity index (χ3v) is 1.57. The largest absolute Gasteiger partial charge is 0.506 e. The number of nitrogens with one attached hydrogen (secondary N) is 1. The zero-order valence-corrected chi connectivity index (χ0v) is 6.37. The number of rotatable bonds is 2. The van der Waals surface area contributed by atoms with Crippen LogP contribution in [0.25, 0.3) is 0 Å². The van der Waals surface area contributed by atoms with Crippen LogP contribution in [0.2, 0.25) is 0 Å². The van der Waals surface area contributed by atoms with Crippen LogP contribution in [-0.2, 0) is 4.79 Å². The van der Waals surface area contributed by atoms with Gasteiger partial charge in [0.2, 0.25) is 0 Å². The van der Waals surface area contributed by atoms with Crippen LogP contribution in [-0.4, -0.2) is 16.9 Å². The maximum Gasteiger partial charge on any atom is 0.158 e. The molecule has 0 aromatic carbocycles. The lowest BCUT2D eigenvalue weighted by Crippen LogP contribution is -2.32. The molecular formula is C8H11NO2. The highest BCUT2D eigenvalue weighted by Gasteiger charge is 2.13. The molecule has 11 heavy (non-hydrogen) atoms. The molecule has 0 radical (unpaired) electrons. The summed E-state index contributed by atoms with van der Waals surface area (Å²) < 4.78 is 0. The van der Waals surface area contributed by atoms with Gasteiger partial charge in [-0.2, -0.15) is 0 Å². The summed E-state index contributed by atoms with van der Waals surface area (Å²) in [5, 5.41) is 11.7. The minimum atomic E-state index is -0.254. The van der Waals surface area contributed by atoms with Crippen molar-refractivity contribution in [2.45, 2.75) is 19.4 Å². The number of hydrogen-bond acceptors (Lipinski definition) is 3. The maximum absolute atomic E-state index is 11.0. The molecule has 0 saturated carbocycles. The van der Waals surface area contributed by atoms with Gasteiger partial charge in [0.05, 0.1) is 0 Å². The lowest BCUT2D eigenvalue weighted by Gasteiger charge is -2.14. The summed E-state index contributed by atoms with van der Waals surface area (Å²) in [4.78, 5) is 11.0. The lowest BCUT2D eigenvalue weighted by molar-refractivity contribution is -0.119. The van der Waals surface area contributed by atoms with E-state index >= 15 is 0 Å². The molecule has 60 valence electrons. The topological polar surface area (TPSA) is 49.3 Å². The van der Waals surface area contributed by atoms with Crippen molar-refractivity contribution in [3.63, 3.8) is 0 Å². The molecule has 1 atom stereocenters. The molecule has 1 rings (SSSR count). The Morgan fingerprint density at radius 2 is 2.55 bits per heavy atom. The highest BCUT2D eigenvalue weighted by Crippen LogP contribution is 2.02. The van der Waals surface area contributed by atoms with Gasteiger partial charge in [-0.1, -0.05) is 13.0 Å². The second-order valence-corrected chi connectivity index (χ2v) is 2.39. The average Bonchev–Trinajstić information content (AvgIpc) is 2.05. The van der Waals surface area contributed by atoms with Crippen LogP contribution in [0.5, 0.6) is 0 Å². The number of hydrogen-bond donors (Lipinski definition) is 2. The Balaban J connectivity index is 2.55. The molecule has 0 saturated heterocycles. The normalized spacial score (nSPS) is 22.3. The number of carbonyl (C=O) groups excluding carboxylic acids is 1. The molecule has 1 aliphatic rings. The van der Waals surface area contributed by atoms with E-state index in [1.807, 2.05) is 6.92 Å². The number of aliphatic hydroxyl groups is 1. The fourth-order valence-electron chi connectivity index (χ4n) is 0.894. The third kappa shape index (κ3) is 1.83. The molecule has 0 fully saturated rings. The Hall–Kier alpha value is -1.25. The van der Waals surface area contributed by atoms with Crippen LogP contribution in [0.3, 0.4) is 0 Å². The Bertz CT molecular complexity index is 218. The van der Waals surface area contributed by atoms with Gasteiger partial charge in [0, 0.05) is 12.6 Å². The van der Waals surface area contributed by atoms with Crippen molar-refractivity contribution < 1.29 is 9.90 Å². The molecule has 1 unspecified atom stereocenters. The predicted octanol–water partition coefficient (Wildman–Crippen LogP) is 0.893. The average molecular weight is 153 g/mol. The van der Waals surface area contributed by atoms with E-state index in [4.69, 9.17) is 5.11 Å². The van der Waals surface area contributed by atoms with E-state index in [2.05, 4.69) is 5.32 Å². The molecule has 1 aliphatic heterocycles. The minimum absolute atomic E-state index is 0.130. The summed E-state index contributed by atoms with van der Waals surface area (Å²) in [6, 6.07) is -0.254. The molecule has 0 spiro atoms. The van der Waals surface area contributed by atoms with Crippen molar-refractivity contribution in [1.82, 2.24) is 5.32 Å². The molecule has 3 nitrogen and oxygen atoms in total. The fraction of sp³-hybridized carbons (Fsp3) is 0.375. The highest BCUT2D eigenvalue weighted by molar-refractivity contribution is 5.86. The molecule has 0 bridgehead atoms. The Morgan fingerprint density at radius 1 is 1.82 bits per heavy atom. The molecule has 3 heteroatoms. The molecule has 0 aliphatic carbocycles. The second kappa shape index (κ2) is 3.23. The maximum atomic E-state index is 11.0. The quantitative estimate of drug-likeness (QED) is 0.619. The molecule has 0 aromatic rings. The zero-order chi connectivity index (χ0) is 8.27. The summed E-state index contributed by atoms with van der Waals surface area (Å²) in [5.74, 6) is 0.287. The number of carbonyl (C=O) groups is 1. The van der Waals surface area contributed by atoms with Crippen LogP contribution in [0.4, 0.5) is 0 Å². The minimum Gasteiger partial charge on any atom is -0.506 e. The van der Waals surface area contributed by atoms with Crippen molar-refractivity contribution in [3.8, 4) is 0 Å². The van der Waals surface area contributed by atoms with Crippen molar-refractivity contribution in [2.75, 3.05) is 0 Å². The first-order valence-electron chi connectivity index (χ1n) is 3.60. The number of allylic oxidation sites excluding steroid dienone is 1. The summed E-state index contributed by atoms with van der Waals surface area (Å²) in [7, 11) is 0. The predicted molar refractivity (Wildman–Crippen MR) is 42.1 cm³/mol. The van der Waals surface area contributed by atoms with Gasteiger partial charge in [0.1, 0.15) is 11.8 Å². The van der Waals surface area contributed by atoms with E-state index in [-0.39, 0.29) is 17.6 Å². The second-order valence-electron chi connectivity index (χ2n) is 2.39. The third-order valence-electron chi connectivity index (χ3n) is 1.57. The van der Waals surface area contributed by atoms with E-state index in [9.17, 15) is 4.79 Å². The van der Waals surface area contributed by atoms with Crippen LogP contribution in [0, 0.1) is 0 Å². The zero-order valence-electron chi connectivity index (χ0n) is 6.37. The molecule has 0 amide bonds. The summed E-state index contributed by atoms with van der Waals surface area (Å²) in [6.45, 7) is 1.82. The van der Waals surface area contributed by atoms with Crippen molar-refractivity contribution in [2.24, 2.45) is 0 Å². The molecule has 1 heterocycles. The molecular weight excluding hydrogens is 142 g/mol. The van der Waals surface area contributed by atoms with Crippen molar-refractivity contribution in [1.29, 1.82) is 0 Å². The van der Waals surface area contributed by atoms with Crippen molar-refractivity contribution in [3.05, 3.63) is 24.1 Å². The summed E-state index contributed by atoms with van der Waals surface area (Å²) >= 11 is 0. The standard InChI is InChI=1S/C8H11NO2/c1-2-8(11)7-4-3-6(10)5-9-7/h3-5,7,9-10H,2H2,1H3. The summed E-state index contributed by atoms with van der Waals surface area (Å²) in [5.41, 5.74) is 0. The van der Waals surface area contributed by atoms with Gasteiger partial charge >= 0.3 is 0 Å². The Kier molecular flexibility index (Phi) is 2.31. The number of dihydropyridines is 1. The lowest BCUT2D eigenvalue weighted by atomic mass is 10.1. The first-order chi connectivity index (χ1) is 5.24. The number of aliphatic hydroxyl groups excluding tert-OH is 1. The van der Waals surface area contributed by atoms with Gasteiger partial charge in [-0.15, -0.1) is 0 Å². The van der Waals surface area contributed by atoms with Crippen LogP contribution < -0.4 is 5.32 Å². The van der Waals surface area contributed by atoms with Gasteiger partial charge in [-0.3, -0.25) is 4.79 Å². The number of ketones is 1. The van der Waals surface area contributed by atoms with Crippen molar-refractivity contribution >= 4 is 5.78 Å². The highest BCUT2D eigenvalue weighted by atomic mass is 16.3. The SMILES string of the molecule is CCC(=O)C1C=CC(O)=CN1. The monoisotopic (exact) mass is 153 g/mol. The summed E-state index contributed by atoms with van der Waals surface area (Å²) in [6.07, 6.45) is 5.12. The molecule has 0 aromatic heterocycles. The van der Waals surface area contributed by atoms with Crippen LogP contribution in [0.1, 0.15) is 13.3 Å². The van der Waals surface area contributed by atoms with E-state index in [1.54, 1.807) is 6.08 Å². The van der Waals surface area contributed by atoms with Crippen LogP contribution in [0.15, 0.2) is 24.1 Å². The number of Topliss-reactive ketones (excluding diaryl/α,β-unsaturated/α-hetero) is 1. The van der Waals surface area contributed by atoms with Gasteiger partial charge in [-0.25, -0.2) is 0 Å². The first kappa shape index (κ1) is 7.85. The van der Waals surface area contributed by atoms with Gasteiger partial charge < -0.3 is 10.4 Å². The Labute approximate surface area is 65.4 Å². The smallest absolute Gasteiger partial charge is 0.158 e. The van der Waals surface area contributed by atoms with Gasteiger partial charge in [0.25, 0.3) is 0 Å².